The number of nitrogens with two attached hydrogens (primary N) is 1. The predicted molar refractivity (Wildman–Crippen MR) is 83.9 cm³/mol. The first-order valence-electron chi connectivity index (χ1n) is 8.32. The van der Waals surface area contributed by atoms with Gasteiger partial charge in [0.1, 0.15) is 11.6 Å². The van der Waals surface area contributed by atoms with Gasteiger partial charge in [0.05, 0.1) is 5.69 Å². The smallest absolute Gasteiger partial charge is 0.127 e. The molecule has 2 fully saturated rings. The molecule has 0 spiro atoms. The van der Waals surface area contributed by atoms with Crippen molar-refractivity contribution in [2.75, 3.05) is 5.73 Å². The Hall–Kier alpha value is -0.990. The van der Waals surface area contributed by atoms with Crippen LogP contribution in [0, 0.1) is 5.41 Å². The summed E-state index contributed by atoms with van der Waals surface area (Å²) < 4.78 is 2.40. The lowest BCUT2D eigenvalue weighted by atomic mass is 9.88. The molecule has 112 valence electrons. The van der Waals surface area contributed by atoms with E-state index in [1.54, 1.807) is 0 Å². The Balaban J connectivity index is 1.93. The summed E-state index contributed by atoms with van der Waals surface area (Å²) in [5.74, 6) is 2.92. The molecule has 3 nitrogen and oxygen atoms in total. The van der Waals surface area contributed by atoms with E-state index >= 15 is 0 Å². The Bertz CT molecular complexity index is 471. The molecule has 1 aromatic heterocycles. The maximum Gasteiger partial charge on any atom is 0.127 e. The van der Waals surface area contributed by atoms with Crippen molar-refractivity contribution in [1.82, 2.24) is 9.55 Å². The van der Waals surface area contributed by atoms with Crippen LogP contribution in [0.4, 0.5) is 5.82 Å². The largest absolute Gasteiger partial charge is 0.384 e. The lowest BCUT2D eigenvalue weighted by molar-refractivity contribution is 0.403. The Kier molecular flexibility index (Phi) is 3.55. The average Bonchev–Trinajstić information content (AvgIpc) is 3.16. The molecule has 3 rings (SSSR count). The van der Waals surface area contributed by atoms with Crippen LogP contribution in [-0.4, -0.2) is 9.55 Å². The van der Waals surface area contributed by atoms with Crippen LogP contribution in [0.15, 0.2) is 0 Å². The van der Waals surface area contributed by atoms with Crippen molar-refractivity contribution in [3.8, 4) is 0 Å². The van der Waals surface area contributed by atoms with Gasteiger partial charge in [-0.05, 0) is 37.5 Å². The molecule has 2 N–H and O–H groups in total. The van der Waals surface area contributed by atoms with Gasteiger partial charge in [-0.3, -0.25) is 0 Å². The van der Waals surface area contributed by atoms with E-state index in [9.17, 15) is 0 Å². The molecule has 2 aliphatic rings. The van der Waals surface area contributed by atoms with Gasteiger partial charge in [0.2, 0.25) is 0 Å². The molecule has 3 heteroatoms. The first kappa shape index (κ1) is 14.0. The molecule has 0 radical (unpaired) electrons. The van der Waals surface area contributed by atoms with Gasteiger partial charge >= 0.3 is 0 Å². The molecular formula is C17H29N3. The highest BCUT2D eigenvalue weighted by Gasteiger charge is 2.33. The molecular weight excluding hydrogens is 246 g/mol. The first-order chi connectivity index (χ1) is 9.46. The summed E-state index contributed by atoms with van der Waals surface area (Å²) in [6.45, 7) is 6.80. The average molecular weight is 275 g/mol. The molecule has 0 aromatic carbocycles. The van der Waals surface area contributed by atoms with E-state index in [0.29, 0.717) is 12.0 Å². The second-order valence-corrected chi connectivity index (χ2v) is 7.98. The zero-order chi connectivity index (χ0) is 14.3. The number of imidazole rings is 1. The van der Waals surface area contributed by atoms with E-state index in [0.717, 1.165) is 17.9 Å². The lowest BCUT2D eigenvalue weighted by Gasteiger charge is -2.22. The molecule has 0 bridgehead atoms. The highest BCUT2D eigenvalue weighted by Crippen LogP contribution is 2.43. The standard InChI is InChI=1S/C17H29N3/c1-17(2,3)11-14-15(18)20(13-9-10-13)16(19-14)12-7-5-4-6-8-12/h12-13H,4-11,18H2,1-3H3. The Morgan fingerprint density at radius 3 is 2.30 bits per heavy atom. The predicted octanol–water partition coefficient (Wildman–Crippen LogP) is 4.44. The quantitative estimate of drug-likeness (QED) is 0.886. The van der Waals surface area contributed by atoms with Crippen molar-refractivity contribution in [1.29, 1.82) is 0 Å². The van der Waals surface area contributed by atoms with Gasteiger partial charge in [-0.1, -0.05) is 40.0 Å². The fraction of sp³-hybridized carbons (Fsp3) is 0.824. The second-order valence-electron chi connectivity index (χ2n) is 7.98. The third-order valence-corrected chi connectivity index (χ3v) is 4.63. The summed E-state index contributed by atoms with van der Waals surface area (Å²) in [4.78, 5) is 5.02. The summed E-state index contributed by atoms with van der Waals surface area (Å²) in [5, 5.41) is 0. The van der Waals surface area contributed by atoms with Crippen LogP contribution in [0.5, 0.6) is 0 Å². The minimum atomic E-state index is 0.251. The summed E-state index contributed by atoms with van der Waals surface area (Å²) in [5.41, 5.74) is 7.85. The molecule has 20 heavy (non-hydrogen) atoms. The minimum Gasteiger partial charge on any atom is -0.384 e. The number of anilines is 1. The summed E-state index contributed by atoms with van der Waals surface area (Å²) >= 11 is 0. The van der Waals surface area contributed by atoms with Crippen LogP contribution in [0.1, 0.15) is 89.2 Å². The first-order valence-corrected chi connectivity index (χ1v) is 8.32. The van der Waals surface area contributed by atoms with E-state index in [-0.39, 0.29) is 5.41 Å². The number of aromatic nitrogens is 2. The Morgan fingerprint density at radius 2 is 1.75 bits per heavy atom. The van der Waals surface area contributed by atoms with Crippen molar-refractivity contribution in [2.45, 2.75) is 84.1 Å². The minimum absolute atomic E-state index is 0.251. The summed E-state index contributed by atoms with van der Waals surface area (Å²) in [6.07, 6.45) is 10.3. The fourth-order valence-electron chi connectivity index (χ4n) is 3.51. The SMILES string of the molecule is CC(C)(C)Cc1nc(C2CCCCC2)n(C2CC2)c1N. The van der Waals surface area contributed by atoms with E-state index in [1.165, 1.54) is 50.8 Å². The molecule has 0 amide bonds. The number of hydrogen-bond acceptors (Lipinski definition) is 2. The van der Waals surface area contributed by atoms with Gasteiger partial charge in [-0.15, -0.1) is 0 Å². The third kappa shape index (κ3) is 2.87. The maximum absolute atomic E-state index is 6.46. The Labute approximate surface area is 123 Å². The van der Waals surface area contributed by atoms with Gasteiger partial charge in [-0.25, -0.2) is 4.98 Å². The van der Waals surface area contributed by atoms with E-state index in [2.05, 4.69) is 25.3 Å². The van der Waals surface area contributed by atoms with Gasteiger partial charge in [0.15, 0.2) is 0 Å². The van der Waals surface area contributed by atoms with Gasteiger partial charge in [-0.2, -0.15) is 0 Å². The monoisotopic (exact) mass is 275 g/mol. The van der Waals surface area contributed by atoms with E-state index in [4.69, 9.17) is 10.7 Å². The zero-order valence-corrected chi connectivity index (χ0v) is 13.3. The van der Waals surface area contributed by atoms with Gasteiger partial charge in [0.25, 0.3) is 0 Å². The van der Waals surface area contributed by atoms with E-state index < -0.39 is 0 Å². The topological polar surface area (TPSA) is 43.8 Å². The van der Waals surface area contributed by atoms with Crippen molar-refractivity contribution in [3.05, 3.63) is 11.5 Å². The molecule has 1 aromatic rings. The molecule has 0 atom stereocenters. The highest BCUT2D eigenvalue weighted by atomic mass is 15.2. The molecule has 2 saturated carbocycles. The highest BCUT2D eigenvalue weighted by molar-refractivity contribution is 5.41. The Morgan fingerprint density at radius 1 is 1.10 bits per heavy atom. The third-order valence-electron chi connectivity index (χ3n) is 4.63. The normalized spacial score (nSPS) is 21.4. The number of nitrogen functional groups attached to an aromatic ring is 1. The van der Waals surface area contributed by atoms with Gasteiger partial charge < -0.3 is 10.3 Å². The maximum atomic E-state index is 6.46. The number of nitrogens with zero attached hydrogens (tertiary/aromatic N) is 2. The van der Waals surface area contributed by atoms with Crippen LogP contribution >= 0.6 is 0 Å². The number of hydrogen-bond donors (Lipinski definition) is 1. The second kappa shape index (κ2) is 5.09. The van der Waals surface area contributed by atoms with Gasteiger partial charge in [0, 0.05) is 12.0 Å². The fourth-order valence-corrected chi connectivity index (χ4v) is 3.51. The van der Waals surface area contributed by atoms with Crippen LogP contribution < -0.4 is 5.73 Å². The van der Waals surface area contributed by atoms with Crippen molar-refractivity contribution in [2.24, 2.45) is 5.41 Å². The number of rotatable bonds is 3. The molecule has 0 unspecified atom stereocenters. The van der Waals surface area contributed by atoms with Crippen LogP contribution in [0.2, 0.25) is 0 Å². The molecule has 0 aliphatic heterocycles. The van der Waals surface area contributed by atoms with Crippen molar-refractivity contribution in [3.63, 3.8) is 0 Å². The van der Waals surface area contributed by atoms with Crippen LogP contribution in [0.25, 0.3) is 0 Å². The lowest BCUT2D eigenvalue weighted by Crippen LogP contribution is -2.13. The molecule has 0 saturated heterocycles. The summed E-state index contributed by atoms with van der Waals surface area (Å²) in [6, 6.07) is 0.646. The van der Waals surface area contributed by atoms with Crippen molar-refractivity contribution < 1.29 is 0 Å². The zero-order valence-electron chi connectivity index (χ0n) is 13.3. The molecule has 1 heterocycles. The van der Waals surface area contributed by atoms with E-state index in [1.807, 2.05) is 0 Å². The molecule has 2 aliphatic carbocycles. The van der Waals surface area contributed by atoms with Crippen molar-refractivity contribution >= 4 is 5.82 Å². The van der Waals surface area contributed by atoms with Crippen LogP contribution in [-0.2, 0) is 6.42 Å². The van der Waals surface area contributed by atoms with Crippen LogP contribution in [0.3, 0.4) is 0 Å². The summed E-state index contributed by atoms with van der Waals surface area (Å²) in [7, 11) is 0.